The Morgan fingerprint density at radius 3 is 2.77 bits per heavy atom. The maximum absolute atomic E-state index is 12.8. The van der Waals surface area contributed by atoms with Crippen molar-refractivity contribution in [2.24, 2.45) is 0 Å². The van der Waals surface area contributed by atoms with Crippen LogP contribution in [0.3, 0.4) is 0 Å². The Labute approximate surface area is 157 Å². The smallest absolute Gasteiger partial charge is 0.236 e. The van der Waals surface area contributed by atoms with E-state index >= 15 is 0 Å². The number of oxazole rings is 1. The summed E-state index contributed by atoms with van der Waals surface area (Å²) in [4.78, 5) is 20.0. The van der Waals surface area contributed by atoms with Crippen molar-refractivity contribution >= 4 is 17.2 Å². The maximum atomic E-state index is 12.8. The standard InChI is InChI=1S/C20H22N2O3S/c1-13(15-8-5-6-9-17(15)24-4)22(3)19(23)12-16-14(2)25-20(21-16)18-10-7-11-26-18/h5-11,13H,12H2,1-4H3. The molecule has 136 valence electrons. The Hall–Kier alpha value is -2.60. The van der Waals surface area contributed by atoms with E-state index in [0.717, 1.165) is 16.2 Å². The summed E-state index contributed by atoms with van der Waals surface area (Å²) in [5.74, 6) is 2.01. The molecule has 6 heteroatoms. The lowest BCUT2D eigenvalue weighted by atomic mass is 10.1. The Morgan fingerprint density at radius 2 is 2.08 bits per heavy atom. The van der Waals surface area contributed by atoms with Gasteiger partial charge in [-0.3, -0.25) is 4.79 Å². The van der Waals surface area contributed by atoms with Crippen LogP contribution in [0.2, 0.25) is 0 Å². The number of methoxy groups -OCH3 is 1. The number of amides is 1. The van der Waals surface area contributed by atoms with Crippen molar-refractivity contribution in [2.45, 2.75) is 26.3 Å². The quantitative estimate of drug-likeness (QED) is 0.642. The molecule has 0 N–H and O–H groups in total. The molecule has 3 aromatic rings. The fourth-order valence-corrected chi connectivity index (χ4v) is 3.45. The molecule has 0 bridgehead atoms. The molecule has 0 radical (unpaired) electrons. The number of para-hydroxylation sites is 1. The maximum Gasteiger partial charge on any atom is 0.236 e. The summed E-state index contributed by atoms with van der Waals surface area (Å²) < 4.78 is 11.1. The largest absolute Gasteiger partial charge is 0.496 e. The van der Waals surface area contributed by atoms with Gasteiger partial charge in [0.05, 0.1) is 30.1 Å². The molecule has 2 heterocycles. The fraction of sp³-hybridized carbons (Fsp3) is 0.300. The highest BCUT2D eigenvalue weighted by molar-refractivity contribution is 7.13. The van der Waals surface area contributed by atoms with Gasteiger partial charge in [-0.15, -0.1) is 11.3 Å². The van der Waals surface area contributed by atoms with Gasteiger partial charge < -0.3 is 14.1 Å². The topological polar surface area (TPSA) is 55.6 Å². The molecule has 0 fully saturated rings. The summed E-state index contributed by atoms with van der Waals surface area (Å²) in [7, 11) is 3.44. The summed E-state index contributed by atoms with van der Waals surface area (Å²) in [6.07, 6.45) is 0.205. The molecule has 0 spiro atoms. The number of nitrogens with zero attached hydrogens (tertiary/aromatic N) is 2. The van der Waals surface area contributed by atoms with Gasteiger partial charge in [0.1, 0.15) is 11.5 Å². The Balaban J connectivity index is 1.75. The second-order valence-electron chi connectivity index (χ2n) is 6.10. The summed E-state index contributed by atoms with van der Waals surface area (Å²) in [6, 6.07) is 11.5. The normalized spacial score (nSPS) is 12.0. The van der Waals surface area contributed by atoms with Crippen LogP contribution in [0.4, 0.5) is 0 Å². The van der Waals surface area contributed by atoms with E-state index in [-0.39, 0.29) is 18.4 Å². The number of ether oxygens (including phenoxy) is 1. The van der Waals surface area contributed by atoms with Gasteiger partial charge in [-0.05, 0) is 31.4 Å². The summed E-state index contributed by atoms with van der Waals surface area (Å²) >= 11 is 1.56. The molecule has 1 unspecified atom stereocenters. The zero-order valence-electron chi connectivity index (χ0n) is 15.4. The third kappa shape index (κ3) is 3.65. The van der Waals surface area contributed by atoms with Crippen LogP contribution in [0, 0.1) is 6.92 Å². The number of hydrogen-bond acceptors (Lipinski definition) is 5. The molecule has 0 aliphatic rings. The number of hydrogen-bond donors (Lipinski definition) is 0. The SMILES string of the molecule is COc1ccccc1C(C)N(C)C(=O)Cc1nc(-c2cccs2)oc1C. The Kier molecular flexibility index (Phi) is 5.42. The van der Waals surface area contributed by atoms with Gasteiger partial charge in [-0.25, -0.2) is 4.98 Å². The molecule has 1 atom stereocenters. The molecule has 5 nitrogen and oxygen atoms in total. The second-order valence-corrected chi connectivity index (χ2v) is 7.05. The number of benzene rings is 1. The van der Waals surface area contributed by atoms with E-state index in [2.05, 4.69) is 4.98 Å². The van der Waals surface area contributed by atoms with Crippen molar-refractivity contribution in [3.8, 4) is 16.5 Å². The van der Waals surface area contributed by atoms with E-state index in [4.69, 9.17) is 9.15 Å². The van der Waals surface area contributed by atoms with E-state index in [9.17, 15) is 4.79 Å². The predicted molar refractivity (Wildman–Crippen MR) is 102 cm³/mol. The minimum Gasteiger partial charge on any atom is -0.496 e. The molecule has 0 aliphatic carbocycles. The van der Waals surface area contributed by atoms with Gasteiger partial charge in [0.25, 0.3) is 0 Å². The van der Waals surface area contributed by atoms with Gasteiger partial charge in [-0.2, -0.15) is 0 Å². The first-order chi connectivity index (χ1) is 12.5. The third-order valence-electron chi connectivity index (χ3n) is 4.51. The second kappa shape index (κ2) is 7.74. The van der Waals surface area contributed by atoms with Crippen molar-refractivity contribution in [1.29, 1.82) is 0 Å². The number of aryl methyl sites for hydroxylation is 1. The minimum atomic E-state index is -0.109. The molecule has 0 saturated carbocycles. The van der Waals surface area contributed by atoms with Gasteiger partial charge in [0, 0.05) is 12.6 Å². The van der Waals surface area contributed by atoms with Crippen molar-refractivity contribution in [2.75, 3.05) is 14.2 Å². The average Bonchev–Trinajstić information content (AvgIpc) is 3.30. The Bertz CT molecular complexity index is 886. The van der Waals surface area contributed by atoms with Gasteiger partial charge >= 0.3 is 0 Å². The van der Waals surface area contributed by atoms with Crippen LogP contribution in [-0.2, 0) is 11.2 Å². The van der Waals surface area contributed by atoms with Gasteiger partial charge in [0.15, 0.2) is 0 Å². The highest BCUT2D eigenvalue weighted by atomic mass is 32.1. The first kappa shape index (κ1) is 18.2. The predicted octanol–water partition coefficient (Wildman–Crippen LogP) is 4.48. The number of carbonyl (C=O) groups excluding carboxylic acids is 1. The molecule has 0 saturated heterocycles. The average molecular weight is 370 g/mol. The van der Waals surface area contributed by atoms with Crippen LogP contribution < -0.4 is 4.74 Å². The van der Waals surface area contributed by atoms with Crippen LogP contribution in [0.15, 0.2) is 46.2 Å². The molecule has 1 aromatic carbocycles. The molecular formula is C20H22N2O3S. The number of likely N-dealkylation sites (N-methyl/N-ethyl adjacent to an activating group) is 1. The minimum absolute atomic E-state index is 0.0162. The number of aromatic nitrogens is 1. The Morgan fingerprint density at radius 1 is 1.31 bits per heavy atom. The van der Waals surface area contributed by atoms with E-state index in [1.165, 1.54) is 0 Å². The monoisotopic (exact) mass is 370 g/mol. The molecule has 2 aromatic heterocycles. The van der Waals surface area contributed by atoms with Gasteiger partial charge in [-0.1, -0.05) is 24.3 Å². The van der Waals surface area contributed by atoms with Crippen molar-refractivity contribution in [3.63, 3.8) is 0 Å². The number of thiophene rings is 1. The number of rotatable bonds is 6. The lowest BCUT2D eigenvalue weighted by molar-refractivity contribution is -0.131. The zero-order chi connectivity index (χ0) is 18.7. The molecule has 1 amide bonds. The highest BCUT2D eigenvalue weighted by Crippen LogP contribution is 2.29. The summed E-state index contributed by atoms with van der Waals surface area (Å²) in [5, 5.41) is 1.97. The van der Waals surface area contributed by atoms with E-state index in [1.807, 2.05) is 55.6 Å². The van der Waals surface area contributed by atoms with Crippen LogP contribution in [-0.4, -0.2) is 29.9 Å². The lowest BCUT2D eigenvalue weighted by Gasteiger charge is -2.26. The van der Waals surface area contributed by atoms with Crippen LogP contribution in [0.25, 0.3) is 10.8 Å². The van der Waals surface area contributed by atoms with Crippen LogP contribution in [0.1, 0.15) is 30.0 Å². The molecule has 0 aliphatic heterocycles. The van der Waals surface area contributed by atoms with E-state index < -0.39 is 0 Å². The fourth-order valence-electron chi connectivity index (χ4n) is 2.80. The van der Waals surface area contributed by atoms with E-state index in [0.29, 0.717) is 17.3 Å². The van der Waals surface area contributed by atoms with Crippen LogP contribution >= 0.6 is 11.3 Å². The first-order valence-electron chi connectivity index (χ1n) is 8.40. The summed E-state index contributed by atoms with van der Waals surface area (Å²) in [6.45, 7) is 3.83. The molecule has 3 rings (SSSR count). The van der Waals surface area contributed by atoms with Crippen molar-refractivity contribution in [3.05, 3.63) is 58.8 Å². The highest BCUT2D eigenvalue weighted by Gasteiger charge is 2.23. The zero-order valence-corrected chi connectivity index (χ0v) is 16.2. The van der Waals surface area contributed by atoms with Crippen molar-refractivity contribution < 1.29 is 13.9 Å². The summed E-state index contributed by atoms with van der Waals surface area (Å²) in [5.41, 5.74) is 1.65. The van der Waals surface area contributed by atoms with Crippen molar-refractivity contribution in [1.82, 2.24) is 9.88 Å². The molecule has 26 heavy (non-hydrogen) atoms. The number of carbonyl (C=O) groups is 1. The van der Waals surface area contributed by atoms with Gasteiger partial charge in [0.2, 0.25) is 11.8 Å². The van der Waals surface area contributed by atoms with Crippen LogP contribution in [0.5, 0.6) is 5.75 Å². The molecular weight excluding hydrogens is 348 g/mol. The third-order valence-corrected chi connectivity index (χ3v) is 5.36. The lowest BCUT2D eigenvalue weighted by Crippen LogP contribution is -2.31. The van der Waals surface area contributed by atoms with E-state index in [1.54, 1.807) is 30.4 Å². The first-order valence-corrected chi connectivity index (χ1v) is 9.28.